The predicted molar refractivity (Wildman–Crippen MR) is 57.5 cm³/mol. The minimum atomic E-state index is -3.24. The van der Waals surface area contributed by atoms with Gasteiger partial charge < -0.3 is 10.0 Å². The molecular formula is C6H6BIO4S. The van der Waals surface area contributed by atoms with E-state index in [4.69, 9.17) is 10.0 Å². The van der Waals surface area contributed by atoms with Gasteiger partial charge >= 0.3 is 7.12 Å². The Labute approximate surface area is 88.2 Å². The van der Waals surface area contributed by atoms with E-state index in [0.717, 1.165) is 0 Å². The number of rotatable bonds is 2. The molecular weight excluding hydrogens is 306 g/mol. The van der Waals surface area contributed by atoms with Crippen molar-refractivity contribution in [1.29, 1.82) is 0 Å². The highest BCUT2D eigenvalue weighted by Crippen LogP contribution is 2.15. The summed E-state index contributed by atoms with van der Waals surface area (Å²) >= 11 is 1.32. The Bertz CT molecular complexity index is 386. The molecule has 0 aliphatic heterocycles. The van der Waals surface area contributed by atoms with E-state index in [1.165, 1.54) is 45.5 Å². The van der Waals surface area contributed by atoms with Crippen LogP contribution >= 0.6 is 21.2 Å². The normalized spacial score (nSPS) is 11.3. The lowest BCUT2D eigenvalue weighted by Crippen LogP contribution is -2.29. The van der Waals surface area contributed by atoms with E-state index in [2.05, 4.69) is 0 Å². The van der Waals surface area contributed by atoms with Crippen molar-refractivity contribution in [2.24, 2.45) is 0 Å². The molecule has 0 heterocycles. The molecule has 0 bridgehead atoms. The first kappa shape index (κ1) is 11.0. The molecule has 0 amide bonds. The quantitative estimate of drug-likeness (QED) is 0.438. The minimum absolute atomic E-state index is 0.150. The third-order valence-corrected chi connectivity index (χ3v) is 3.82. The molecule has 0 radical (unpaired) electrons. The molecule has 0 fully saturated rings. The van der Waals surface area contributed by atoms with Gasteiger partial charge in [0.05, 0.1) is 26.1 Å². The van der Waals surface area contributed by atoms with Gasteiger partial charge in [0.25, 0.3) is 0 Å². The lowest BCUT2D eigenvalue weighted by Gasteiger charge is -1.99. The summed E-state index contributed by atoms with van der Waals surface area (Å²) in [5, 5.41) is 17.4. The lowest BCUT2D eigenvalue weighted by molar-refractivity contribution is 0.425. The average molecular weight is 312 g/mol. The molecule has 4 nitrogen and oxygen atoms in total. The molecule has 1 aromatic rings. The fourth-order valence-electron chi connectivity index (χ4n) is 0.803. The van der Waals surface area contributed by atoms with Crippen molar-refractivity contribution >= 4 is 40.8 Å². The van der Waals surface area contributed by atoms with Gasteiger partial charge in [0.1, 0.15) is 0 Å². The second-order valence-corrected chi connectivity index (χ2v) is 7.21. The van der Waals surface area contributed by atoms with Crippen LogP contribution in [-0.2, 0) is 7.01 Å². The summed E-state index contributed by atoms with van der Waals surface area (Å²) in [7, 11) is -4.80. The first-order valence-electron chi connectivity index (χ1n) is 3.32. The van der Waals surface area contributed by atoms with E-state index in [9.17, 15) is 8.42 Å². The Morgan fingerprint density at radius 3 is 1.92 bits per heavy atom. The molecule has 0 atom stereocenters. The molecule has 0 saturated carbocycles. The van der Waals surface area contributed by atoms with Crippen LogP contribution < -0.4 is 5.46 Å². The van der Waals surface area contributed by atoms with Gasteiger partial charge in [0.15, 0.2) is 0 Å². The van der Waals surface area contributed by atoms with Crippen molar-refractivity contribution in [3.63, 3.8) is 0 Å². The Kier molecular flexibility index (Phi) is 3.33. The molecule has 1 aromatic carbocycles. The highest BCUT2D eigenvalue weighted by molar-refractivity contribution is 14.2. The molecule has 1 rings (SSSR count). The minimum Gasteiger partial charge on any atom is -0.423 e. The molecule has 0 spiro atoms. The highest BCUT2D eigenvalue weighted by Gasteiger charge is 2.13. The first-order valence-corrected chi connectivity index (χ1v) is 7.34. The number of halogens is 1. The second-order valence-electron chi connectivity index (χ2n) is 2.38. The molecule has 13 heavy (non-hydrogen) atoms. The Morgan fingerprint density at radius 2 is 1.62 bits per heavy atom. The van der Waals surface area contributed by atoms with Crippen LogP contribution in [0.2, 0.25) is 0 Å². The van der Waals surface area contributed by atoms with Crippen molar-refractivity contribution in [2.75, 3.05) is 0 Å². The van der Waals surface area contributed by atoms with E-state index in [-0.39, 0.29) is 10.4 Å². The van der Waals surface area contributed by atoms with Crippen molar-refractivity contribution in [1.82, 2.24) is 0 Å². The van der Waals surface area contributed by atoms with Crippen molar-refractivity contribution < 1.29 is 18.5 Å². The van der Waals surface area contributed by atoms with Crippen LogP contribution in [0.4, 0.5) is 0 Å². The lowest BCUT2D eigenvalue weighted by atomic mass is 9.81. The summed E-state index contributed by atoms with van der Waals surface area (Å²) in [6, 6.07) is 5.37. The van der Waals surface area contributed by atoms with E-state index in [1.807, 2.05) is 0 Å². The predicted octanol–water partition coefficient (Wildman–Crippen LogP) is -0.510. The summed E-state index contributed by atoms with van der Waals surface area (Å²) in [6.07, 6.45) is 0. The van der Waals surface area contributed by atoms with Gasteiger partial charge in [0.2, 0.25) is 7.01 Å². The molecule has 7 heteroatoms. The van der Waals surface area contributed by atoms with Gasteiger partial charge in [-0.2, -0.15) is 0 Å². The largest absolute Gasteiger partial charge is 0.488 e. The summed E-state index contributed by atoms with van der Waals surface area (Å²) in [5.41, 5.74) is 0.267. The van der Waals surface area contributed by atoms with Gasteiger partial charge in [-0.25, -0.2) is 8.42 Å². The fraction of sp³-hybridized carbons (Fsp3) is 0. The van der Waals surface area contributed by atoms with E-state index in [0.29, 0.717) is 0 Å². The standard InChI is InChI=1S/C6H6BIO4S/c8-13(11,12)6-3-1-5(2-4-6)7(9)10/h1-4,9-10H. The zero-order valence-corrected chi connectivity index (χ0v) is 9.36. The molecule has 0 aliphatic carbocycles. The van der Waals surface area contributed by atoms with E-state index >= 15 is 0 Å². The zero-order valence-electron chi connectivity index (χ0n) is 6.38. The molecule has 0 unspecified atom stereocenters. The summed E-state index contributed by atoms with van der Waals surface area (Å²) in [5.74, 6) is 0. The van der Waals surface area contributed by atoms with Crippen LogP contribution in [0.5, 0.6) is 0 Å². The third kappa shape index (κ3) is 2.94. The van der Waals surface area contributed by atoms with E-state index < -0.39 is 14.1 Å². The fourth-order valence-corrected chi connectivity index (χ4v) is 2.14. The van der Waals surface area contributed by atoms with Crippen LogP contribution in [0.25, 0.3) is 0 Å². The number of hydrogen-bond donors (Lipinski definition) is 2. The Hall–Kier alpha value is -0.115. The summed E-state index contributed by atoms with van der Waals surface area (Å²) in [4.78, 5) is 0.150. The molecule has 0 aliphatic rings. The van der Waals surface area contributed by atoms with Crippen molar-refractivity contribution in [2.45, 2.75) is 4.90 Å². The van der Waals surface area contributed by atoms with Crippen LogP contribution in [0.1, 0.15) is 0 Å². The average Bonchev–Trinajstić information content (AvgIpc) is 2.03. The molecule has 2 N–H and O–H groups in total. The number of benzene rings is 1. The SMILES string of the molecule is O=S(=O)(I)c1ccc(B(O)O)cc1. The van der Waals surface area contributed by atoms with E-state index in [1.54, 1.807) is 0 Å². The van der Waals surface area contributed by atoms with Gasteiger partial charge in [-0.05, 0) is 17.6 Å². The summed E-state index contributed by atoms with van der Waals surface area (Å²) < 4.78 is 22.0. The van der Waals surface area contributed by atoms with Crippen LogP contribution in [0.15, 0.2) is 29.2 Å². The molecule has 70 valence electrons. The Morgan fingerprint density at radius 1 is 1.15 bits per heavy atom. The van der Waals surface area contributed by atoms with Gasteiger partial charge in [-0.3, -0.25) is 0 Å². The Balaban J connectivity index is 3.08. The highest BCUT2D eigenvalue weighted by atomic mass is 127. The first-order chi connectivity index (χ1) is 5.91. The third-order valence-electron chi connectivity index (χ3n) is 1.46. The topological polar surface area (TPSA) is 74.6 Å². The van der Waals surface area contributed by atoms with Crippen LogP contribution in [-0.4, -0.2) is 25.6 Å². The second kappa shape index (κ2) is 3.95. The summed E-state index contributed by atoms with van der Waals surface area (Å²) in [6.45, 7) is 0. The maximum absolute atomic E-state index is 11.0. The molecule has 0 aromatic heterocycles. The van der Waals surface area contributed by atoms with Crippen molar-refractivity contribution in [3.8, 4) is 0 Å². The zero-order chi connectivity index (χ0) is 10.1. The van der Waals surface area contributed by atoms with Gasteiger partial charge in [-0.15, -0.1) is 0 Å². The maximum Gasteiger partial charge on any atom is 0.488 e. The monoisotopic (exact) mass is 312 g/mol. The molecule has 0 saturated heterocycles. The smallest absolute Gasteiger partial charge is 0.423 e. The maximum atomic E-state index is 11.0. The van der Waals surface area contributed by atoms with Gasteiger partial charge in [0, 0.05) is 0 Å². The van der Waals surface area contributed by atoms with Gasteiger partial charge in [-0.1, -0.05) is 12.1 Å². The van der Waals surface area contributed by atoms with Crippen LogP contribution in [0, 0.1) is 0 Å². The number of hydrogen-bond acceptors (Lipinski definition) is 4. The van der Waals surface area contributed by atoms with Crippen LogP contribution in [0.3, 0.4) is 0 Å². The van der Waals surface area contributed by atoms with Crippen molar-refractivity contribution in [3.05, 3.63) is 24.3 Å².